The van der Waals surface area contributed by atoms with Crippen molar-refractivity contribution in [3.05, 3.63) is 35.1 Å². The molecule has 0 spiro atoms. The molecule has 0 aromatic heterocycles. The Morgan fingerprint density at radius 3 is 1.90 bits per heavy atom. The van der Waals surface area contributed by atoms with Gasteiger partial charge in [0.15, 0.2) is 11.6 Å². The van der Waals surface area contributed by atoms with Crippen LogP contribution in [0.3, 0.4) is 0 Å². The Balaban J connectivity index is 3.03. The zero-order valence-electron chi connectivity index (χ0n) is 18.4. The Kier molecular flexibility index (Phi) is 11.2. The zero-order chi connectivity index (χ0) is 22.0. The Labute approximate surface area is 173 Å². The SMILES string of the molecule is CCCCCCCCC(Cc1cc(F)c(F)cc1F)C(O)(OC(C)C)OC(C)C. The topological polar surface area (TPSA) is 38.7 Å². The van der Waals surface area contributed by atoms with Crippen LogP contribution in [0.4, 0.5) is 13.2 Å². The average molecular weight is 419 g/mol. The van der Waals surface area contributed by atoms with E-state index in [1.165, 1.54) is 6.42 Å². The fourth-order valence-corrected chi connectivity index (χ4v) is 3.47. The van der Waals surface area contributed by atoms with Crippen LogP contribution >= 0.6 is 0 Å². The highest BCUT2D eigenvalue weighted by molar-refractivity contribution is 5.21. The van der Waals surface area contributed by atoms with Crippen LogP contribution in [0.15, 0.2) is 12.1 Å². The number of halogens is 3. The summed E-state index contributed by atoms with van der Waals surface area (Å²) < 4.78 is 52.7. The molecule has 0 radical (unpaired) electrons. The highest BCUT2D eigenvalue weighted by atomic mass is 19.2. The predicted molar refractivity (Wildman–Crippen MR) is 109 cm³/mol. The molecule has 0 aliphatic carbocycles. The summed E-state index contributed by atoms with van der Waals surface area (Å²) in [5.41, 5.74) is -0.00183. The van der Waals surface area contributed by atoms with Crippen molar-refractivity contribution >= 4 is 0 Å². The van der Waals surface area contributed by atoms with E-state index in [2.05, 4.69) is 6.92 Å². The summed E-state index contributed by atoms with van der Waals surface area (Å²) in [6, 6.07) is 1.39. The molecule has 0 fully saturated rings. The lowest BCUT2D eigenvalue weighted by atomic mass is 9.90. The Hall–Kier alpha value is -1.11. The number of hydrogen-bond donors (Lipinski definition) is 1. The second-order valence-electron chi connectivity index (χ2n) is 8.28. The number of aliphatic hydroxyl groups is 1. The Morgan fingerprint density at radius 1 is 0.828 bits per heavy atom. The van der Waals surface area contributed by atoms with Crippen LogP contribution in [0, 0.1) is 23.4 Å². The van der Waals surface area contributed by atoms with Gasteiger partial charge in [-0.15, -0.1) is 0 Å². The first-order valence-corrected chi connectivity index (χ1v) is 10.8. The summed E-state index contributed by atoms with van der Waals surface area (Å²) >= 11 is 0. The van der Waals surface area contributed by atoms with Crippen molar-refractivity contribution < 1.29 is 27.8 Å². The molecule has 3 nitrogen and oxygen atoms in total. The predicted octanol–water partition coefficient (Wildman–Crippen LogP) is 6.51. The number of unbranched alkanes of at least 4 members (excludes halogenated alkanes) is 5. The second kappa shape index (κ2) is 12.6. The highest BCUT2D eigenvalue weighted by Crippen LogP contribution is 2.33. The van der Waals surface area contributed by atoms with Crippen LogP contribution in [0.2, 0.25) is 0 Å². The van der Waals surface area contributed by atoms with E-state index >= 15 is 0 Å². The van der Waals surface area contributed by atoms with E-state index in [1.807, 2.05) is 0 Å². The molecule has 1 atom stereocenters. The van der Waals surface area contributed by atoms with E-state index in [4.69, 9.17) is 9.47 Å². The fraction of sp³-hybridized carbons (Fsp3) is 0.739. The molecule has 6 heteroatoms. The minimum absolute atomic E-state index is 0.00183. The van der Waals surface area contributed by atoms with Gasteiger partial charge in [0.2, 0.25) is 0 Å². The number of hydrogen-bond acceptors (Lipinski definition) is 3. The molecule has 29 heavy (non-hydrogen) atoms. The number of ether oxygens (including phenoxy) is 2. The van der Waals surface area contributed by atoms with Gasteiger partial charge in [-0.2, -0.15) is 0 Å². The summed E-state index contributed by atoms with van der Waals surface area (Å²) in [6.07, 6.45) is 6.15. The minimum atomic E-state index is -1.94. The van der Waals surface area contributed by atoms with Crippen LogP contribution in [0.1, 0.15) is 85.1 Å². The molecule has 1 aromatic carbocycles. The lowest BCUT2D eigenvalue weighted by molar-refractivity contribution is -0.407. The second-order valence-corrected chi connectivity index (χ2v) is 8.28. The van der Waals surface area contributed by atoms with Gasteiger partial charge in [-0.3, -0.25) is 0 Å². The van der Waals surface area contributed by atoms with Crippen LogP contribution in [-0.4, -0.2) is 23.3 Å². The van der Waals surface area contributed by atoms with Gasteiger partial charge in [-0.05, 0) is 52.2 Å². The van der Waals surface area contributed by atoms with Gasteiger partial charge < -0.3 is 14.6 Å². The molecule has 0 bridgehead atoms. The van der Waals surface area contributed by atoms with Crippen molar-refractivity contribution in [3.8, 4) is 0 Å². The molecule has 1 aromatic rings. The van der Waals surface area contributed by atoms with E-state index in [0.29, 0.717) is 12.5 Å². The number of rotatable bonds is 14. The number of benzene rings is 1. The van der Waals surface area contributed by atoms with Gasteiger partial charge in [0, 0.05) is 12.0 Å². The van der Waals surface area contributed by atoms with Crippen molar-refractivity contribution in [1.82, 2.24) is 0 Å². The molecule has 1 rings (SSSR count). The average Bonchev–Trinajstić information content (AvgIpc) is 2.59. The Morgan fingerprint density at radius 2 is 1.34 bits per heavy atom. The van der Waals surface area contributed by atoms with Gasteiger partial charge in [0.05, 0.1) is 12.2 Å². The van der Waals surface area contributed by atoms with E-state index < -0.39 is 29.3 Å². The maximum absolute atomic E-state index is 14.3. The maximum Gasteiger partial charge on any atom is 0.284 e. The molecular formula is C23H37F3O3. The summed E-state index contributed by atoms with van der Waals surface area (Å²) in [6.45, 7) is 9.24. The lowest BCUT2D eigenvalue weighted by Gasteiger charge is -2.38. The van der Waals surface area contributed by atoms with E-state index in [1.54, 1.807) is 27.7 Å². The quantitative estimate of drug-likeness (QED) is 0.213. The molecule has 0 heterocycles. The summed E-state index contributed by atoms with van der Waals surface area (Å²) in [4.78, 5) is 0. The molecular weight excluding hydrogens is 381 g/mol. The normalized spacial score (nSPS) is 13.5. The van der Waals surface area contributed by atoms with Gasteiger partial charge in [-0.25, -0.2) is 13.2 Å². The minimum Gasteiger partial charge on any atom is -0.343 e. The largest absolute Gasteiger partial charge is 0.343 e. The molecule has 0 aliphatic rings. The third-order valence-electron chi connectivity index (χ3n) is 4.79. The molecule has 0 saturated heterocycles. The zero-order valence-corrected chi connectivity index (χ0v) is 18.4. The first-order chi connectivity index (χ1) is 13.6. The van der Waals surface area contributed by atoms with E-state index in [0.717, 1.165) is 38.2 Å². The molecule has 0 aliphatic heterocycles. The van der Waals surface area contributed by atoms with Crippen LogP contribution in [0.5, 0.6) is 0 Å². The summed E-state index contributed by atoms with van der Waals surface area (Å²) in [5, 5.41) is 11.2. The molecule has 168 valence electrons. The van der Waals surface area contributed by atoms with Crippen molar-refractivity contribution in [1.29, 1.82) is 0 Å². The van der Waals surface area contributed by atoms with Gasteiger partial charge in [0.25, 0.3) is 5.97 Å². The van der Waals surface area contributed by atoms with Crippen molar-refractivity contribution in [3.63, 3.8) is 0 Å². The fourth-order valence-electron chi connectivity index (χ4n) is 3.47. The van der Waals surface area contributed by atoms with Crippen molar-refractivity contribution in [2.24, 2.45) is 5.92 Å². The smallest absolute Gasteiger partial charge is 0.284 e. The van der Waals surface area contributed by atoms with Crippen LogP contribution in [-0.2, 0) is 15.9 Å². The maximum atomic E-state index is 14.3. The third-order valence-corrected chi connectivity index (χ3v) is 4.79. The first kappa shape index (κ1) is 25.9. The van der Waals surface area contributed by atoms with E-state index in [-0.39, 0.29) is 24.2 Å². The molecule has 0 saturated carbocycles. The third kappa shape index (κ3) is 9.06. The molecule has 1 unspecified atom stereocenters. The lowest BCUT2D eigenvalue weighted by Crippen LogP contribution is -2.48. The Bertz CT molecular complexity index is 595. The van der Waals surface area contributed by atoms with Crippen molar-refractivity contribution in [2.45, 2.75) is 104 Å². The highest BCUT2D eigenvalue weighted by Gasteiger charge is 2.41. The molecule has 1 N–H and O–H groups in total. The monoisotopic (exact) mass is 418 g/mol. The van der Waals surface area contributed by atoms with Crippen LogP contribution in [0.25, 0.3) is 0 Å². The summed E-state index contributed by atoms with van der Waals surface area (Å²) in [7, 11) is 0. The summed E-state index contributed by atoms with van der Waals surface area (Å²) in [5.74, 6) is -5.75. The van der Waals surface area contributed by atoms with E-state index in [9.17, 15) is 18.3 Å². The first-order valence-electron chi connectivity index (χ1n) is 10.8. The van der Waals surface area contributed by atoms with Crippen molar-refractivity contribution in [2.75, 3.05) is 0 Å². The van der Waals surface area contributed by atoms with Gasteiger partial charge in [-0.1, -0.05) is 45.4 Å². The van der Waals surface area contributed by atoms with Gasteiger partial charge >= 0.3 is 0 Å². The van der Waals surface area contributed by atoms with Crippen LogP contribution < -0.4 is 0 Å². The van der Waals surface area contributed by atoms with Gasteiger partial charge in [0.1, 0.15) is 5.82 Å². The molecule has 0 amide bonds. The standard InChI is InChI=1S/C23H37F3O3/c1-6-7-8-9-10-11-12-19(23(27,28-16(2)3)29-17(4)5)13-18-14-21(25)22(26)15-20(18)24/h14-17,19,27H,6-13H2,1-5H3.